The fourth-order valence-corrected chi connectivity index (χ4v) is 2.55. The average Bonchev–Trinajstić information content (AvgIpc) is 2.95. The molecule has 0 saturated carbocycles. The van der Waals surface area contributed by atoms with E-state index < -0.39 is 6.10 Å². The summed E-state index contributed by atoms with van der Waals surface area (Å²) < 4.78 is 9.09. The minimum atomic E-state index is -0.645. The van der Waals surface area contributed by atoms with Gasteiger partial charge in [-0.2, -0.15) is 0 Å². The van der Waals surface area contributed by atoms with E-state index in [9.17, 15) is 9.90 Å². The lowest BCUT2D eigenvalue weighted by molar-refractivity contribution is 0.0945. The van der Waals surface area contributed by atoms with E-state index in [1.807, 2.05) is 19.9 Å². The zero-order valence-electron chi connectivity index (χ0n) is 11.6. The number of rotatable bonds is 5. The van der Waals surface area contributed by atoms with Crippen molar-refractivity contribution in [2.45, 2.75) is 33.3 Å². The Morgan fingerprint density at radius 2 is 2.25 bits per heavy atom. The minimum absolute atomic E-state index is 0.204. The maximum Gasteiger partial charge on any atom is 0.264 e. The van der Waals surface area contributed by atoms with Gasteiger partial charge in [0.1, 0.15) is 16.4 Å². The number of carbonyl (C=O) groups is 1. The van der Waals surface area contributed by atoms with E-state index in [1.54, 1.807) is 6.92 Å². The molecule has 2 aromatic rings. The quantitative estimate of drug-likeness (QED) is 0.879. The van der Waals surface area contributed by atoms with Crippen LogP contribution < -0.4 is 5.32 Å². The van der Waals surface area contributed by atoms with E-state index in [1.165, 1.54) is 0 Å². The number of aliphatic hydroxyl groups excluding tert-OH is 1. The van der Waals surface area contributed by atoms with Crippen molar-refractivity contribution >= 4 is 17.4 Å². The second-order valence-corrected chi connectivity index (χ2v) is 5.37. The highest BCUT2D eigenvalue weighted by Gasteiger charge is 2.16. The first kappa shape index (κ1) is 14.7. The Kier molecular flexibility index (Phi) is 4.51. The van der Waals surface area contributed by atoms with Gasteiger partial charge in [-0.25, -0.2) is 0 Å². The Bertz CT molecular complexity index is 606. The number of aromatic nitrogens is 2. The van der Waals surface area contributed by atoms with Crippen LogP contribution in [0.3, 0.4) is 0 Å². The number of nitrogens with zero attached hydrogens (tertiary/aromatic N) is 2. The fraction of sp³-hybridized carbons (Fsp3) is 0.462. The molecule has 2 N–H and O–H groups in total. The number of amides is 1. The molecule has 6 nitrogen and oxygen atoms in total. The van der Waals surface area contributed by atoms with Gasteiger partial charge in [-0.05, 0) is 44.8 Å². The van der Waals surface area contributed by atoms with Crippen LogP contribution in [-0.4, -0.2) is 27.1 Å². The van der Waals surface area contributed by atoms with Crippen molar-refractivity contribution in [3.05, 3.63) is 33.7 Å². The lowest BCUT2D eigenvalue weighted by Crippen LogP contribution is -2.25. The fourth-order valence-electron chi connectivity index (χ4n) is 1.98. The number of nitrogens with one attached hydrogen (secondary N) is 1. The summed E-state index contributed by atoms with van der Waals surface area (Å²) >= 11 is 1.07. The highest BCUT2D eigenvalue weighted by atomic mass is 32.1. The molecule has 0 aliphatic rings. The molecule has 0 aliphatic heterocycles. The van der Waals surface area contributed by atoms with Gasteiger partial charge >= 0.3 is 0 Å². The standard InChI is InChI=1S/C13H17N3O3S/c1-7-6-10(9(3)19-7)11(17)4-5-14-13(18)12-8(2)15-16-20-12/h6,11,17H,4-5H2,1-3H3,(H,14,18)/t11-/m1/s1. The van der Waals surface area contributed by atoms with Crippen LogP contribution in [0, 0.1) is 20.8 Å². The predicted molar refractivity (Wildman–Crippen MR) is 74.7 cm³/mol. The first-order chi connectivity index (χ1) is 9.49. The Morgan fingerprint density at radius 3 is 2.80 bits per heavy atom. The van der Waals surface area contributed by atoms with Crippen LogP contribution in [0.15, 0.2) is 10.5 Å². The zero-order valence-corrected chi connectivity index (χ0v) is 12.5. The summed E-state index contributed by atoms with van der Waals surface area (Å²) in [6.45, 7) is 5.77. The van der Waals surface area contributed by atoms with E-state index in [2.05, 4.69) is 14.9 Å². The monoisotopic (exact) mass is 295 g/mol. The van der Waals surface area contributed by atoms with Crippen LogP contribution in [0.1, 0.15) is 45.0 Å². The molecule has 2 heterocycles. The Labute approximate surface area is 121 Å². The molecule has 20 heavy (non-hydrogen) atoms. The van der Waals surface area contributed by atoms with Crippen LogP contribution in [0.5, 0.6) is 0 Å². The highest BCUT2D eigenvalue weighted by molar-refractivity contribution is 7.07. The van der Waals surface area contributed by atoms with Crippen molar-refractivity contribution in [3.8, 4) is 0 Å². The Morgan fingerprint density at radius 1 is 1.50 bits per heavy atom. The number of carbonyl (C=O) groups excluding carboxylic acids is 1. The molecule has 108 valence electrons. The van der Waals surface area contributed by atoms with E-state index in [0.717, 1.165) is 22.9 Å². The van der Waals surface area contributed by atoms with E-state index >= 15 is 0 Å². The van der Waals surface area contributed by atoms with E-state index in [-0.39, 0.29) is 5.91 Å². The molecule has 0 radical (unpaired) electrons. The molecule has 1 amide bonds. The molecule has 0 saturated heterocycles. The van der Waals surface area contributed by atoms with Gasteiger partial charge in [0, 0.05) is 12.1 Å². The van der Waals surface area contributed by atoms with Crippen molar-refractivity contribution in [2.75, 3.05) is 6.54 Å². The summed E-state index contributed by atoms with van der Waals surface area (Å²) in [4.78, 5) is 12.3. The highest BCUT2D eigenvalue weighted by Crippen LogP contribution is 2.23. The van der Waals surface area contributed by atoms with Crippen LogP contribution in [-0.2, 0) is 0 Å². The zero-order chi connectivity index (χ0) is 14.7. The topological polar surface area (TPSA) is 88.2 Å². The van der Waals surface area contributed by atoms with Gasteiger partial charge in [0.05, 0.1) is 11.8 Å². The molecule has 0 aliphatic carbocycles. The lowest BCUT2D eigenvalue weighted by atomic mass is 10.1. The second-order valence-electron chi connectivity index (χ2n) is 4.62. The molecule has 0 spiro atoms. The summed E-state index contributed by atoms with van der Waals surface area (Å²) in [5, 5.41) is 16.6. The van der Waals surface area contributed by atoms with Crippen molar-refractivity contribution in [1.82, 2.24) is 14.9 Å². The van der Waals surface area contributed by atoms with Gasteiger partial charge in [-0.15, -0.1) is 5.10 Å². The first-order valence-electron chi connectivity index (χ1n) is 6.31. The number of aliphatic hydroxyl groups is 1. The minimum Gasteiger partial charge on any atom is -0.466 e. The second kappa shape index (κ2) is 6.15. The first-order valence-corrected chi connectivity index (χ1v) is 7.08. The predicted octanol–water partition coefficient (Wildman–Crippen LogP) is 1.91. The summed E-state index contributed by atoms with van der Waals surface area (Å²) in [7, 11) is 0. The summed E-state index contributed by atoms with van der Waals surface area (Å²) in [5.74, 6) is 1.28. The largest absolute Gasteiger partial charge is 0.466 e. The summed E-state index contributed by atoms with van der Waals surface area (Å²) in [5.41, 5.74) is 1.39. The number of aryl methyl sites for hydroxylation is 3. The molecule has 0 bridgehead atoms. The van der Waals surface area contributed by atoms with Crippen LogP contribution >= 0.6 is 11.5 Å². The maximum atomic E-state index is 11.8. The molecule has 1 atom stereocenters. The van der Waals surface area contributed by atoms with Crippen molar-refractivity contribution in [1.29, 1.82) is 0 Å². The van der Waals surface area contributed by atoms with Gasteiger partial charge < -0.3 is 14.8 Å². The maximum absolute atomic E-state index is 11.8. The SMILES string of the molecule is Cc1cc([C@H](O)CCNC(=O)c2snnc2C)c(C)o1. The van der Waals surface area contributed by atoms with Gasteiger partial charge in [-0.3, -0.25) is 4.79 Å². The van der Waals surface area contributed by atoms with Crippen molar-refractivity contribution in [2.24, 2.45) is 0 Å². The molecule has 0 aromatic carbocycles. The molecular formula is C13H17N3O3S. The van der Waals surface area contributed by atoms with E-state index in [4.69, 9.17) is 4.42 Å². The third-order valence-corrected chi connectivity index (χ3v) is 3.83. The lowest BCUT2D eigenvalue weighted by Gasteiger charge is -2.10. The normalized spacial score (nSPS) is 12.4. The van der Waals surface area contributed by atoms with Gasteiger partial charge in [0.2, 0.25) is 0 Å². The molecule has 7 heteroatoms. The molecule has 0 unspecified atom stereocenters. The van der Waals surface area contributed by atoms with Crippen LogP contribution in [0.25, 0.3) is 0 Å². The molecular weight excluding hydrogens is 278 g/mol. The van der Waals surface area contributed by atoms with Crippen LogP contribution in [0.2, 0.25) is 0 Å². The van der Waals surface area contributed by atoms with Crippen molar-refractivity contribution < 1.29 is 14.3 Å². The van der Waals surface area contributed by atoms with Gasteiger partial charge in [0.25, 0.3) is 5.91 Å². The summed E-state index contributed by atoms with van der Waals surface area (Å²) in [6.07, 6.45) is -0.218. The molecule has 0 fully saturated rings. The van der Waals surface area contributed by atoms with Crippen LogP contribution in [0.4, 0.5) is 0 Å². The molecule has 2 aromatic heterocycles. The van der Waals surface area contributed by atoms with Crippen molar-refractivity contribution in [3.63, 3.8) is 0 Å². The third kappa shape index (κ3) is 3.23. The van der Waals surface area contributed by atoms with Gasteiger partial charge in [-0.1, -0.05) is 4.49 Å². The van der Waals surface area contributed by atoms with E-state index in [0.29, 0.717) is 29.3 Å². The smallest absolute Gasteiger partial charge is 0.264 e. The Balaban J connectivity index is 1.86. The summed E-state index contributed by atoms with van der Waals surface area (Å²) in [6, 6.07) is 1.82. The average molecular weight is 295 g/mol. The Hall–Kier alpha value is -1.73. The third-order valence-electron chi connectivity index (χ3n) is 3.00. The molecule has 2 rings (SSSR count). The number of hydrogen-bond acceptors (Lipinski definition) is 6. The van der Waals surface area contributed by atoms with Gasteiger partial charge in [0.15, 0.2) is 0 Å². The number of hydrogen-bond donors (Lipinski definition) is 2. The number of furan rings is 1.